The summed E-state index contributed by atoms with van der Waals surface area (Å²) in [5.41, 5.74) is 1.03. The Balaban J connectivity index is 1.44. The molecule has 7 nitrogen and oxygen atoms in total. The molecule has 2 aromatic carbocycles. The molecule has 0 N–H and O–H groups in total. The van der Waals surface area contributed by atoms with E-state index in [1.807, 2.05) is 30.3 Å². The molecule has 0 aliphatic carbocycles. The van der Waals surface area contributed by atoms with E-state index in [0.717, 1.165) is 17.7 Å². The van der Waals surface area contributed by atoms with Gasteiger partial charge in [-0.3, -0.25) is 0 Å². The highest BCUT2D eigenvalue weighted by molar-refractivity contribution is 7.89. The Morgan fingerprint density at radius 3 is 2.62 bits per heavy atom. The Morgan fingerprint density at radius 2 is 1.86 bits per heavy atom. The van der Waals surface area contributed by atoms with Crippen LogP contribution >= 0.6 is 0 Å². The number of sulfonamides is 1. The molecule has 1 saturated heterocycles. The molecule has 4 rings (SSSR count). The first-order valence-electron chi connectivity index (χ1n) is 9.25. The summed E-state index contributed by atoms with van der Waals surface area (Å²) in [4.78, 5) is 4.37. The van der Waals surface area contributed by atoms with Crippen LogP contribution in [-0.2, 0) is 28.0 Å². The van der Waals surface area contributed by atoms with Crippen LogP contribution in [-0.4, -0.2) is 29.4 Å². The van der Waals surface area contributed by atoms with Crippen molar-refractivity contribution in [3.63, 3.8) is 0 Å². The summed E-state index contributed by atoms with van der Waals surface area (Å²) in [7, 11) is -3.78. The molecular weight excluding hydrogens is 397 g/mol. The van der Waals surface area contributed by atoms with Crippen LogP contribution in [0.1, 0.15) is 36.2 Å². The Bertz CT molecular complexity index is 1050. The fourth-order valence-corrected chi connectivity index (χ4v) is 4.98. The summed E-state index contributed by atoms with van der Waals surface area (Å²) >= 11 is 0. The van der Waals surface area contributed by atoms with Crippen LogP contribution in [0.3, 0.4) is 0 Å². The Kier molecular flexibility index (Phi) is 5.70. The monoisotopic (exact) mass is 417 g/mol. The lowest BCUT2D eigenvalue weighted by molar-refractivity contribution is 0.0850. The molecule has 0 spiro atoms. The lowest BCUT2D eigenvalue weighted by atomic mass is 10.2. The van der Waals surface area contributed by atoms with Crippen molar-refractivity contribution < 1.29 is 22.1 Å². The van der Waals surface area contributed by atoms with E-state index in [4.69, 9.17) is 9.26 Å². The summed E-state index contributed by atoms with van der Waals surface area (Å²) in [5.74, 6) is 0.119. The highest BCUT2D eigenvalue weighted by atomic mass is 32.2. The summed E-state index contributed by atoms with van der Waals surface area (Å²) in [6, 6.07) is 14.0. The van der Waals surface area contributed by atoms with E-state index in [-0.39, 0.29) is 11.5 Å². The van der Waals surface area contributed by atoms with Gasteiger partial charge in [-0.1, -0.05) is 35.5 Å². The zero-order valence-electron chi connectivity index (χ0n) is 15.6. The fourth-order valence-electron chi connectivity index (χ4n) is 3.32. The molecule has 1 fully saturated rings. The van der Waals surface area contributed by atoms with Gasteiger partial charge in [-0.2, -0.15) is 9.29 Å². The summed E-state index contributed by atoms with van der Waals surface area (Å²) < 4.78 is 51.2. The van der Waals surface area contributed by atoms with Crippen molar-refractivity contribution in [3.05, 3.63) is 77.7 Å². The van der Waals surface area contributed by atoms with E-state index >= 15 is 0 Å². The second-order valence-corrected chi connectivity index (χ2v) is 8.64. The van der Waals surface area contributed by atoms with Crippen molar-refractivity contribution in [3.8, 4) is 0 Å². The number of rotatable bonds is 7. The molecule has 29 heavy (non-hydrogen) atoms. The molecule has 1 unspecified atom stereocenters. The summed E-state index contributed by atoms with van der Waals surface area (Å²) in [5, 5.41) is 3.96. The number of halogens is 1. The van der Waals surface area contributed by atoms with Crippen molar-refractivity contribution in [2.75, 3.05) is 6.54 Å². The Labute approximate surface area is 168 Å². The van der Waals surface area contributed by atoms with Crippen molar-refractivity contribution in [2.24, 2.45) is 0 Å². The van der Waals surface area contributed by atoms with E-state index < -0.39 is 21.9 Å². The average molecular weight is 417 g/mol. The van der Waals surface area contributed by atoms with Gasteiger partial charge in [0, 0.05) is 6.54 Å². The summed E-state index contributed by atoms with van der Waals surface area (Å²) in [6.45, 7) is 0.894. The SMILES string of the molecule is O=S(=O)(c1ccc(F)cc1)N1CCCC1c1noc(COCc2ccccc2)n1. The third kappa shape index (κ3) is 4.36. The molecule has 1 aromatic heterocycles. The van der Waals surface area contributed by atoms with Crippen molar-refractivity contribution in [1.82, 2.24) is 14.4 Å². The molecule has 3 aromatic rings. The molecule has 2 heterocycles. The highest BCUT2D eigenvalue weighted by Crippen LogP contribution is 2.35. The minimum Gasteiger partial charge on any atom is -0.367 e. The fraction of sp³-hybridized carbons (Fsp3) is 0.300. The average Bonchev–Trinajstić information content (AvgIpc) is 3.39. The smallest absolute Gasteiger partial charge is 0.252 e. The van der Waals surface area contributed by atoms with Gasteiger partial charge in [0.15, 0.2) is 5.82 Å². The number of nitrogens with zero attached hydrogens (tertiary/aromatic N) is 3. The standard InChI is InChI=1S/C20H20FN3O4S/c21-16-8-10-17(11-9-16)29(25,26)24-12-4-7-18(24)20-22-19(28-23-20)14-27-13-15-5-2-1-3-6-15/h1-3,5-6,8-11,18H,4,7,12-14H2. The van der Waals surface area contributed by atoms with Crippen LogP contribution in [0.5, 0.6) is 0 Å². The van der Waals surface area contributed by atoms with Gasteiger partial charge >= 0.3 is 0 Å². The molecule has 152 valence electrons. The van der Waals surface area contributed by atoms with Crippen molar-refractivity contribution in [1.29, 1.82) is 0 Å². The maximum absolute atomic E-state index is 13.2. The van der Waals surface area contributed by atoms with Crippen LogP contribution in [0.4, 0.5) is 4.39 Å². The molecule has 1 aliphatic rings. The van der Waals surface area contributed by atoms with Gasteiger partial charge in [0.25, 0.3) is 5.89 Å². The Hall–Kier alpha value is -2.62. The third-order valence-electron chi connectivity index (χ3n) is 4.74. The van der Waals surface area contributed by atoms with Crippen molar-refractivity contribution in [2.45, 2.75) is 37.0 Å². The van der Waals surface area contributed by atoms with Gasteiger partial charge < -0.3 is 9.26 Å². The van der Waals surface area contributed by atoms with Crippen LogP contribution < -0.4 is 0 Å². The zero-order valence-corrected chi connectivity index (χ0v) is 16.4. The number of hydrogen-bond acceptors (Lipinski definition) is 6. The zero-order chi connectivity index (χ0) is 20.3. The second kappa shape index (κ2) is 8.40. The van der Waals surface area contributed by atoms with E-state index in [1.54, 1.807) is 0 Å². The van der Waals surface area contributed by atoms with Gasteiger partial charge in [0.2, 0.25) is 10.0 Å². The predicted molar refractivity (Wildman–Crippen MR) is 101 cm³/mol. The van der Waals surface area contributed by atoms with E-state index in [9.17, 15) is 12.8 Å². The first-order chi connectivity index (χ1) is 14.0. The van der Waals surface area contributed by atoms with Crippen LogP contribution in [0, 0.1) is 5.82 Å². The molecular formula is C20H20FN3O4S. The number of benzene rings is 2. The molecule has 0 bridgehead atoms. The predicted octanol–water partition coefficient (Wildman–Crippen LogP) is 3.45. The highest BCUT2D eigenvalue weighted by Gasteiger charge is 2.38. The van der Waals surface area contributed by atoms with Gasteiger partial charge in [-0.25, -0.2) is 12.8 Å². The molecule has 1 atom stereocenters. The topological polar surface area (TPSA) is 85.5 Å². The number of ether oxygens (including phenoxy) is 1. The first kappa shape index (κ1) is 19.7. The molecule has 0 amide bonds. The molecule has 9 heteroatoms. The number of hydrogen-bond donors (Lipinski definition) is 0. The van der Waals surface area contributed by atoms with Crippen molar-refractivity contribution >= 4 is 10.0 Å². The van der Waals surface area contributed by atoms with E-state index in [1.165, 1.54) is 16.4 Å². The maximum Gasteiger partial charge on any atom is 0.252 e. The van der Waals surface area contributed by atoms with E-state index in [2.05, 4.69) is 10.1 Å². The maximum atomic E-state index is 13.2. The van der Waals surface area contributed by atoms with Crippen LogP contribution in [0.15, 0.2) is 64.0 Å². The number of aromatic nitrogens is 2. The van der Waals surface area contributed by atoms with Gasteiger partial charge in [0.05, 0.1) is 17.5 Å². The summed E-state index contributed by atoms with van der Waals surface area (Å²) in [6.07, 6.45) is 1.27. The third-order valence-corrected chi connectivity index (χ3v) is 6.67. The van der Waals surface area contributed by atoms with Crippen LogP contribution in [0.2, 0.25) is 0 Å². The van der Waals surface area contributed by atoms with Gasteiger partial charge in [-0.05, 0) is 42.7 Å². The first-order valence-corrected chi connectivity index (χ1v) is 10.7. The lowest BCUT2D eigenvalue weighted by Gasteiger charge is -2.21. The minimum atomic E-state index is -3.78. The molecule has 0 radical (unpaired) electrons. The lowest BCUT2D eigenvalue weighted by Crippen LogP contribution is -2.31. The largest absolute Gasteiger partial charge is 0.367 e. The van der Waals surface area contributed by atoms with Gasteiger partial charge in [-0.15, -0.1) is 0 Å². The minimum absolute atomic E-state index is 0.0423. The normalized spacial score (nSPS) is 17.6. The second-order valence-electron chi connectivity index (χ2n) is 6.75. The molecule has 1 aliphatic heterocycles. The molecule has 0 saturated carbocycles. The van der Waals surface area contributed by atoms with Crippen LogP contribution in [0.25, 0.3) is 0 Å². The van der Waals surface area contributed by atoms with Gasteiger partial charge in [0.1, 0.15) is 12.4 Å². The Morgan fingerprint density at radius 1 is 1.10 bits per heavy atom. The quantitative estimate of drug-likeness (QED) is 0.585. The van der Waals surface area contributed by atoms with E-state index in [0.29, 0.717) is 37.7 Å².